The van der Waals surface area contributed by atoms with Crippen molar-refractivity contribution in [2.75, 3.05) is 13.2 Å². The average Bonchev–Trinajstić information content (AvgIpc) is 2.28. The summed E-state index contributed by atoms with van der Waals surface area (Å²) < 4.78 is 5.02. The Morgan fingerprint density at radius 1 is 1.22 bits per heavy atom. The summed E-state index contributed by atoms with van der Waals surface area (Å²) in [4.78, 5) is 13.8. The van der Waals surface area contributed by atoms with E-state index in [1.165, 1.54) is 5.56 Å². The van der Waals surface area contributed by atoms with E-state index in [9.17, 15) is 4.79 Å². The maximum Gasteiger partial charge on any atom is 0.320 e. The van der Waals surface area contributed by atoms with E-state index < -0.39 is 0 Å². The van der Waals surface area contributed by atoms with E-state index in [0.29, 0.717) is 13.2 Å². The summed E-state index contributed by atoms with van der Waals surface area (Å²) >= 11 is 0. The maximum absolute atomic E-state index is 11.6. The van der Waals surface area contributed by atoms with Crippen LogP contribution in [0.5, 0.6) is 0 Å². The highest BCUT2D eigenvalue weighted by molar-refractivity contribution is 5.71. The standard InChI is InChI=1S/C15H23NO2/c1-5-18-14(17)12-16(15(2,3)4)11-13-9-7-6-8-10-13/h6-10H,5,11-12H2,1-4H3. The van der Waals surface area contributed by atoms with Gasteiger partial charge in [-0.1, -0.05) is 30.3 Å². The summed E-state index contributed by atoms with van der Waals surface area (Å²) in [7, 11) is 0. The number of hydrogen-bond acceptors (Lipinski definition) is 3. The van der Waals surface area contributed by atoms with Crippen LogP contribution in [0.3, 0.4) is 0 Å². The Balaban J connectivity index is 2.71. The quantitative estimate of drug-likeness (QED) is 0.751. The molecule has 3 heteroatoms. The minimum atomic E-state index is -0.164. The van der Waals surface area contributed by atoms with Gasteiger partial charge in [-0.2, -0.15) is 0 Å². The zero-order valence-electron chi connectivity index (χ0n) is 11.8. The highest BCUT2D eigenvalue weighted by Gasteiger charge is 2.24. The molecule has 3 nitrogen and oxygen atoms in total. The molecule has 0 unspecified atom stereocenters. The molecule has 100 valence electrons. The predicted molar refractivity (Wildman–Crippen MR) is 73.2 cm³/mol. The van der Waals surface area contributed by atoms with Crippen molar-refractivity contribution in [3.05, 3.63) is 35.9 Å². The third-order valence-electron chi connectivity index (χ3n) is 2.79. The number of esters is 1. The predicted octanol–water partition coefficient (Wildman–Crippen LogP) is 2.85. The van der Waals surface area contributed by atoms with E-state index in [4.69, 9.17) is 4.74 Å². The second-order valence-electron chi connectivity index (χ2n) is 5.32. The molecule has 0 aliphatic heterocycles. The fourth-order valence-electron chi connectivity index (χ4n) is 1.70. The molecule has 0 heterocycles. The lowest BCUT2D eigenvalue weighted by Crippen LogP contribution is -2.44. The van der Waals surface area contributed by atoms with Crippen molar-refractivity contribution in [2.24, 2.45) is 0 Å². The average molecular weight is 249 g/mol. The maximum atomic E-state index is 11.6. The summed E-state index contributed by atoms with van der Waals surface area (Å²) in [5, 5.41) is 0. The van der Waals surface area contributed by atoms with Crippen molar-refractivity contribution >= 4 is 5.97 Å². The fraction of sp³-hybridized carbons (Fsp3) is 0.533. The number of carbonyl (C=O) groups excluding carboxylic acids is 1. The Labute approximate surface area is 110 Å². The van der Waals surface area contributed by atoms with Gasteiger partial charge in [-0.25, -0.2) is 0 Å². The first-order chi connectivity index (χ1) is 8.43. The first-order valence-corrected chi connectivity index (χ1v) is 6.38. The number of nitrogens with zero attached hydrogens (tertiary/aromatic N) is 1. The molecule has 0 aliphatic carbocycles. The second kappa shape index (κ2) is 6.55. The van der Waals surface area contributed by atoms with E-state index in [-0.39, 0.29) is 11.5 Å². The highest BCUT2D eigenvalue weighted by Crippen LogP contribution is 2.17. The van der Waals surface area contributed by atoms with Gasteiger partial charge in [0.25, 0.3) is 0 Å². The molecule has 0 atom stereocenters. The number of rotatable bonds is 5. The van der Waals surface area contributed by atoms with Crippen molar-refractivity contribution in [3.8, 4) is 0 Å². The molecule has 0 bridgehead atoms. The van der Waals surface area contributed by atoms with Gasteiger partial charge in [-0.3, -0.25) is 9.69 Å². The van der Waals surface area contributed by atoms with E-state index in [1.54, 1.807) is 0 Å². The van der Waals surface area contributed by atoms with Crippen LogP contribution in [0.4, 0.5) is 0 Å². The molecule has 1 rings (SSSR count). The summed E-state index contributed by atoms with van der Waals surface area (Å²) in [6.45, 7) is 9.66. The van der Waals surface area contributed by atoms with E-state index in [1.807, 2.05) is 25.1 Å². The number of ether oxygens (including phenoxy) is 1. The summed E-state index contributed by atoms with van der Waals surface area (Å²) in [6, 6.07) is 10.2. The first kappa shape index (κ1) is 14.7. The minimum Gasteiger partial charge on any atom is -0.465 e. The van der Waals surface area contributed by atoms with Gasteiger partial charge in [0, 0.05) is 12.1 Å². The Hall–Kier alpha value is -1.35. The third kappa shape index (κ3) is 4.88. The van der Waals surface area contributed by atoms with Crippen LogP contribution in [0.2, 0.25) is 0 Å². The third-order valence-corrected chi connectivity index (χ3v) is 2.79. The van der Waals surface area contributed by atoms with Crippen molar-refractivity contribution < 1.29 is 9.53 Å². The van der Waals surface area contributed by atoms with Crippen LogP contribution in [-0.2, 0) is 16.1 Å². The molecule has 0 saturated carbocycles. The second-order valence-corrected chi connectivity index (χ2v) is 5.32. The Kier molecular flexibility index (Phi) is 5.35. The zero-order chi connectivity index (χ0) is 13.6. The SMILES string of the molecule is CCOC(=O)CN(Cc1ccccc1)C(C)(C)C. The van der Waals surface area contributed by atoms with Crippen LogP contribution >= 0.6 is 0 Å². The number of hydrogen-bond donors (Lipinski definition) is 0. The smallest absolute Gasteiger partial charge is 0.320 e. The van der Waals surface area contributed by atoms with Crippen LogP contribution < -0.4 is 0 Å². The molecule has 1 aromatic rings. The largest absolute Gasteiger partial charge is 0.465 e. The lowest BCUT2D eigenvalue weighted by Gasteiger charge is -2.34. The first-order valence-electron chi connectivity index (χ1n) is 6.38. The van der Waals surface area contributed by atoms with Gasteiger partial charge in [-0.15, -0.1) is 0 Å². The van der Waals surface area contributed by atoms with Gasteiger partial charge in [0.05, 0.1) is 13.2 Å². The Bertz CT molecular complexity index is 368. The normalized spacial score (nSPS) is 11.6. The van der Waals surface area contributed by atoms with Crippen LogP contribution in [0.1, 0.15) is 33.3 Å². The number of carbonyl (C=O) groups is 1. The Morgan fingerprint density at radius 3 is 2.33 bits per heavy atom. The lowest BCUT2D eigenvalue weighted by molar-refractivity contribution is -0.146. The Morgan fingerprint density at radius 2 is 1.83 bits per heavy atom. The van der Waals surface area contributed by atoms with Gasteiger partial charge in [0.2, 0.25) is 0 Å². The van der Waals surface area contributed by atoms with Crippen molar-refractivity contribution in [1.82, 2.24) is 4.90 Å². The van der Waals surface area contributed by atoms with Crippen LogP contribution in [0.15, 0.2) is 30.3 Å². The minimum absolute atomic E-state index is 0.0669. The van der Waals surface area contributed by atoms with Gasteiger partial charge in [0.1, 0.15) is 0 Å². The van der Waals surface area contributed by atoms with Gasteiger partial charge in [-0.05, 0) is 33.3 Å². The lowest BCUT2D eigenvalue weighted by atomic mass is 10.0. The van der Waals surface area contributed by atoms with Crippen LogP contribution in [-0.4, -0.2) is 29.6 Å². The fourth-order valence-corrected chi connectivity index (χ4v) is 1.70. The van der Waals surface area contributed by atoms with E-state index >= 15 is 0 Å². The molecule has 0 saturated heterocycles. The molecule has 0 aliphatic rings. The molecule has 0 fully saturated rings. The monoisotopic (exact) mass is 249 g/mol. The van der Waals surface area contributed by atoms with E-state index in [2.05, 4.69) is 37.8 Å². The summed E-state index contributed by atoms with van der Waals surface area (Å²) in [5.41, 5.74) is 1.14. The molecule has 0 N–H and O–H groups in total. The molecule has 18 heavy (non-hydrogen) atoms. The van der Waals surface area contributed by atoms with E-state index in [0.717, 1.165) is 6.54 Å². The molecular weight excluding hydrogens is 226 g/mol. The molecular formula is C15H23NO2. The molecule has 1 aromatic carbocycles. The molecule has 0 amide bonds. The summed E-state index contributed by atoms with van der Waals surface area (Å²) in [6.07, 6.45) is 0. The van der Waals surface area contributed by atoms with Crippen molar-refractivity contribution in [2.45, 2.75) is 39.8 Å². The van der Waals surface area contributed by atoms with Gasteiger partial charge < -0.3 is 4.74 Å². The summed E-state index contributed by atoms with van der Waals surface area (Å²) in [5.74, 6) is -0.164. The van der Waals surface area contributed by atoms with Crippen molar-refractivity contribution in [1.29, 1.82) is 0 Å². The van der Waals surface area contributed by atoms with Crippen LogP contribution in [0.25, 0.3) is 0 Å². The topological polar surface area (TPSA) is 29.5 Å². The van der Waals surface area contributed by atoms with Crippen LogP contribution in [0, 0.1) is 0 Å². The number of benzene rings is 1. The molecule has 0 aromatic heterocycles. The zero-order valence-corrected chi connectivity index (χ0v) is 11.8. The van der Waals surface area contributed by atoms with Crippen molar-refractivity contribution in [3.63, 3.8) is 0 Å². The highest BCUT2D eigenvalue weighted by atomic mass is 16.5. The van der Waals surface area contributed by atoms with Gasteiger partial charge in [0.15, 0.2) is 0 Å². The van der Waals surface area contributed by atoms with Gasteiger partial charge >= 0.3 is 5.97 Å². The molecule has 0 spiro atoms. The molecule has 0 radical (unpaired) electrons.